The molecule has 1 heterocycles. The fourth-order valence-corrected chi connectivity index (χ4v) is 2.35. The number of rotatable bonds is 4. The molecule has 0 N–H and O–H groups in total. The van der Waals surface area contributed by atoms with E-state index in [2.05, 4.69) is 15.2 Å². The molecular weight excluding hydrogens is 328 g/mol. The summed E-state index contributed by atoms with van der Waals surface area (Å²) in [6, 6.07) is 15.7. The second-order valence-electron chi connectivity index (χ2n) is 4.87. The van der Waals surface area contributed by atoms with E-state index in [1.165, 1.54) is 18.5 Å². The van der Waals surface area contributed by atoms with Crippen LogP contribution < -0.4 is 0 Å². The Kier molecular flexibility index (Phi) is 4.58. The largest absolute Gasteiger partial charge is 0.278 e. The van der Waals surface area contributed by atoms with Gasteiger partial charge in [-0.2, -0.15) is 10.2 Å². The molecule has 0 aliphatic rings. The number of aromatic nitrogens is 1. The third kappa shape index (κ3) is 3.44. The van der Waals surface area contributed by atoms with E-state index in [1.807, 2.05) is 30.3 Å². The molecule has 0 spiro atoms. The van der Waals surface area contributed by atoms with Crippen molar-refractivity contribution in [2.24, 2.45) is 10.2 Å². The highest BCUT2D eigenvalue weighted by Crippen LogP contribution is 2.19. The Morgan fingerprint density at radius 2 is 1.67 bits per heavy atom. The Morgan fingerprint density at radius 1 is 1.00 bits per heavy atom. The van der Waals surface area contributed by atoms with Gasteiger partial charge in [0.25, 0.3) is 5.69 Å². The van der Waals surface area contributed by atoms with Crippen LogP contribution in [0.4, 0.5) is 5.69 Å². The quantitative estimate of drug-likeness (QED) is 0.308. The van der Waals surface area contributed by atoms with E-state index in [0.29, 0.717) is 16.3 Å². The summed E-state index contributed by atoms with van der Waals surface area (Å²) in [6.07, 6.45) is 2.80. The lowest BCUT2D eigenvalue weighted by atomic mass is 10.2. The van der Waals surface area contributed by atoms with Crippen LogP contribution in [0.3, 0.4) is 0 Å². The highest BCUT2D eigenvalue weighted by molar-refractivity contribution is 6.32. The molecule has 0 atom stereocenters. The van der Waals surface area contributed by atoms with Crippen LogP contribution in [0.5, 0.6) is 0 Å². The van der Waals surface area contributed by atoms with E-state index >= 15 is 0 Å². The van der Waals surface area contributed by atoms with Crippen molar-refractivity contribution < 1.29 is 4.92 Å². The molecule has 24 heavy (non-hydrogen) atoms. The zero-order chi connectivity index (χ0) is 16.9. The summed E-state index contributed by atoms with van der Waals surface area (Å²) in [7, 11) is 0. The molecule has 0 fully saturated rings. The maximum Gasteiger partial charge on any atom is 0.278 e. The summed E-state index contributed by atoms with van der Waals surface area (Å²) in [5.41, 5.74) is 1.77. The van der Waals surface area contributed by atoms with Gasteiger partial charge in [-0.15, -0.1) is 0 Å². The number of hydrogen-bond donors (Lipinski definition) is 0. The van der Waals surface area contributed by atoms with Crippen molar-refractivity contribution in [3.8, 4) is 0 Å². The van der Waals surface area contributed by atoms with Gasteiger partial charge >= 0.3 is 0 Å². The summed E-state index contributed by atoms with van der Waals surface area (Å²) < 4.78 is 0. The molecule has 0 aliphatic heterocycles. The Morgan fingerprint density at radius 3 is 2.46 bits per heavy atom. The van der Waals surface area contributed by atoms with E-state index in [9.17, 15) is 10.1 Å². The minimum Gasteiger partial charge on any atom is -0.258 e. The molecule has 0 amide bonds. The van der Waals surface area contributed by atoms with Crippen LogP contribution in [0, 0.1) is 10.1 Å². The summed E-state index contributed by atoms with van der Waals surface area (Å²) in [6.45, 7) is 0. The fraction of sp³-hybridized carbons (Fsp3) is 0. The molecule has 7 heteroatoms. The monoisotopic (exact) mass is 338 g/mol. The first-order chi connectivity index (χ1) is 11.6. The SMILES string of the molecule is O=[N+]([O-])c1ccccc1/C=N/N=C\c1cc2ccccc2nc1Cl. The predicted octanol–water partition coefficient (Wildman–Crippen LogP) is 4.25. The second-order valence-corrected chi connectivity index (χ2v) is 5.22. The number of pyridine rings is 1. The van der Waals surface area contributed by atoms with Gasteiger partial charge in [0.1, 0.15) is 5.15 Å². The fourth-order valence-electron chi connectivity index (χ4n) is 2.15. The molecule has 0 bridgehead atoms. The molecule has 0 saturated carbocycles. The predicted molar refractivity (Wildman–Crippen MR) is 95.0 cm³/mol. The maximum absolute atomic E-state index is 10.9. The molecule has 0 radical (unpaired) electrons. The van der Waals surface area contributed by atoms with Gasteiger partial charge in [0.15, 0.2) is 0 Å². The molecule has 1 aromatic heterocycles. The van der Waals surface area contributed by atoms with Crippen LogP contribution in [0.15, 0.2) is 64.8 Å². The van der Waals surface area contributed by atoms with Crippen LogP contribution in [-0.4, -0.2) is 22.3 Å². The Labute approximate surface area is 142 Å². The van der Waals surface area contributed by atoms with E-state index in [4.69, 9.17) is 11.6 Å². The van der Waals surface area contributed by atoms with Gasteiger partial charge in [-0.05, 0) is 18.2 Å². The lowest BCUT2D eigenvalue weighted by Gasteiger charge is -2.00. The van der Waals surface area contributed by atoms with Crippen LogP contribution in [-0.2, 0) is 0 Å². The van der Waals surface area contributed by atoms with Crippen molar-refractivity contribution in [3.63, 3.8) is 0 Å². The van der Waals surface area contributed by atoms with Crippen molar-refractivity contribution in [1.82, 2.24) is 4.98 Å². The highest BCUT2D eigenvalue weighted by Gasteiger charge is 2.09. The maximum atomic E-state index is 10.9. The van der Waals surface area contributed by atoms with Crippen LogP contribution in [0.1, 0.15) is 11.1 Å². The first kappa shape index (κ1) is 15.8. The number of hydrogen-bond acceptors (Lipinski definition) is 5. The first-order valence-corrected chi connectivity index (χ1v) is 7.38. The topological polar surface area (TPSA) is 80.8 Å². The number of halogens is 1. The molecule has 3 aromatic rings. The second kappa shape index (κ2) is 6.97. The number of nitrogens with zero attached hydrogens (tertiary/aromatic N) is 4. The van der Waals surface area contributed by atoms with Crippen LogP contribution in [0.2, 0.25) is 5.15 Å². The lowest BCUT2D eigenvalue weighted by Crippen LogP contribution is -1.93. The molecule has 3 rings (SSSR count). The smallest absolute Gasteiger partial charge is 0.258 e. The number of para-hydroxylation sites is 2. The molecular formula is C17H11ClN4O2. The molecule has 2 aromatic carbocycles. The average Bonchev–Trinajstić information content (AvgIpc) is 2.59. The third-order valence-corrected chi connectivity index (χ3v) is 3.60. The summed E-state index contributed by atoms with van der Waals surface area (Å²) >= 11 is 6.12. The normalized spacial score (nSPS) is 11.5. The number of nitro benzene ring substituents is 1. The molecule has 118 valence electrons. The summed E-state index contributed by atoms with van der Waals surface area (Å²) in [5, 5.41) is 19.9. The zero-order valence-electron chi connectivity index (χ0n) is 12.3. The van der Waals surface area contributed by atoms with Gasteiger partial charge < -0.3 is 0 Å². The Balaban J connectivity index is 1.84. The molecule has 0 aliphatic carbocycles. The van der Waals surface area contributed by atoms with Gasteiger partial charge in [-0.25, -0.2) is 4.98 Å². The Hall–Kier alpha value is -3.12. The number of fused-ring (bicyclic) bond motifs is 1. The van der Waals surface area contributed by atoms with Crippen molar-refractivity contribution >= 4 is 40.6 Å². The zero-order valence-corrected chi connectivity index (χ0v) is 13.1. The average molecular weight is 339 g/mol. The first-order valence-electron chi connectivity index (χ1n) is 7.00. The molecule has 0 unspecified atom stereocenters. The Bertz CT molecular complexity index is 970. The van der Waals surface area contributed by atoms with E-state index < -0.39 is 4.92 Å². The minimum absolute atomic E-state index is 0.0261. The van der Waals surface area contributed by atoms with E-state index in [-0.39, 0.29) is 5.69 Å². The third-order valence-electron chi connectivity index (χ3n) is 3.30. The van der Waals surface area contributed by atoms with Crippen molar-refractivity contribution in [2.45, 2.75) is 0 Å². The van der Waals surface area contributed by atoms with Gasteiger partial charge in [0, 0.05) is 17.0 Å². The summed E-state index contributed by atoms with van der Waals surface area (Å²) in [5.74, 6) is 0. The van der Waals surface area contributed by atoms with Gasteiger partial charge in [0.05, 0.1) is 28.4 Å². The lowest BCUT2D eigenvalue weighted by molar-refractivity contribution is -0.385. The minimum atomic E-state index is -0.463. The van der Waals surface area contributed by atoms with Crippen molar-refractivity contribution in [1.29, 1.82) is 0 Å². The van der Waals surface area contributed by atoms with E-state index in [1.54, 1.807) is 18.2 Å². The number of benzene rings is 2. The molecule has 0 saturated heterocycles. The van der Waals surface area contributed by atoms with Gasteiger partial charge in [-0.1, -0.05) is 41.9 Å². The molecule has 6 nitrogen and oxygen atoms in total. The number of nitro groups is 1. The standard InChI is InChI=1S/C17H11ClN4O2/c18-17-14(9-12-5-1-3-7-15(12)21-17)11-20-19-10-13-6-2-4-8-16(13)22(23)24/h1-11H/b19-10+,20-11-. The van der Waals surface area contributed by atoms with E-state index in [0.717, 1.165) is 10.9 Å². The summed E-state index contributed by atoms with van der Waals surface area (Å²) in [4.78, 5) is 14.7. The highest BCUT2D eigenvalue weighted by atomic mass is 35.5. The van der Waals surface area contributed by atoms with Crippen LogP contribution >= 0.6 is 11.6 Å². The van der Waals surface area contributed by atoms with Gasteiger partial charge in [-0.3, -0.25) is 10.1 Å². The van der Waals surface area contributed by atoms with Gasteiger partial charge in [0.2, 0.25) is 0 Å². The van der Waals surface area contributed by atoms with Crippen molar-refractivity contribution in [2.75, 3.05) is 0 Å². The van der Waals surface area contributed by atoms with Crippen molar-refractivity contribution in [3.05, 3.63) is 81.0 Å². The van der Waals surface area contributed by atoms with Crippen LogP contribution in [0.25, 0.3) is 10.9 Å².